The maximum absolute atomic E-state index is 12.2. The van der Waals surface area contributed by atoms with Crippen LogP contribution in [0.2, 0.25) is 0 Å². The van der Waals surface area contributed by atoms with Crippen molar-refractivity contribution in [2.24, 2.45) is 0 Å². The van der Waals surface area contributed by atoms with E-state index in [9.17, 15) is 9.90 Å². The largest absolute Gasteiger partial charge is 0.495 e. The SMILES string of the molecule is COc1cc(C)ccc1N(C(=O)O)c1ccnc(Nc2cccc(OCCCN3CCCCC3)c2)n1. The van der Waals surface area contributed by atoms with Crippen molar-refractivity contribution in [2.75, 3.05) is 43.6 Å². The molecule has 2 aromatic carbocycles. The zero-order valence-corrected chi connectivity index (χ0v) is 20.8. The first kappa shape index (κ1) is 25.2. The Labute approximate surface area is 211 Å². The average molecular weight is 492 g/mol. The number of carbonyl (C=O) groups is 1. The molecule has 9 nitrogen and oxygen atoms in total. The minimum Gasteiger partial charge on any atom is -0.495 e. The van der Waals surface area contributed by atoms with Crippen molar-refractivity contribution in [3.8, 4) is 11.5 Å². The second-order valence-corrected chi connectivity index (χ2v) is 8.79. The number of aromatic nitrogens is 2. The van der Waals surface area contributed by atoms with Gasteiger partial charge in [0.1, 0.15) is 17.3 Å². The molecule has 190 valence electrons. The van der Waals surface area contributed by atoms with Gasteiger partial charge in [-0.2, -0.15) is 4.98 Å². The summed E-state index contributed by atoms with van der Waals surface area (Å²) in [5, 5.41) is 13.1. The molecule has 1 aliphatic rings. The Bertz CT molecular complexity index is 1170. The number of hydrogen-bond acceptors (Lipinski definition) is 7. The summed E-state index contributed by atoms with van der Waals surface area (Å²) in [6.45, 7) is 6.00. The van der Waals surface area contributed by atoms with E-state index in [1.165, 1.54) is 45.7 Å². The maximum atomic E-state index is 12.2. The molecular formula is C27H33N5O4. The zero-order chi connectivity index (χ0) is 25.3. The third-order valence-corrected chi connectivity index (χ3v) is 6.06. The van der Waals surface area contributed by atoms with Crippen LogP contribution in [-0.2, 0) is 0 Å². The Morgan fingerprint density at radius 1 is 1.14 bits per heavy atom. The van der Waals surface area contributed by atoms with Gasteiger partial charge in [-0.15, -0.1) is 0 Å². The van der Waals surface area contributed by atoms with Gasteiger partial charge in [-0.1, -0.05) is 18.6 Å². The lowest BCUT2D eigenvalue weighted by atomic mass is 10.1. The second-order valence-electron chi connectivity index (χ2n) is 8.79. The Balaban J connectivity index is 1.42. The molecule has 1 saturated heterocycles. The number of rotatable bonds is 10. The predicted octanol–water partition coefficient (Wildman–Crippen LogP) is 5.61. The Kier molecular flexibility index (Phi) is 8.57. The van der Waals surface area contributed by atoms with Crippen molar-refractivity contribution >= 4 is 29.2 Å². The molecule has 3 aromatic rings. The molecular weight excluding hydrogens is 458 g/mol. The third kappa shape index (κ3) is 6.63. The Hall–Kier alpha value is -3.85. The van der Waals surface area contributed by atoms with E-state index in [4.69, 9.17) is 9.47 Å². The van der Waals surface area contributed by atoms with Crippen LogP contribution in [0, 0.1) is 6.92 Å². The van der Waals surface area contributed by atoms with Crippen molar-refractivity contribution in [1.82, 2.24) is 14.9 Å². The number of benzene rings is 2. The zero-order valence-electron chi connectivity index (χ0n) is 20.8. The van der Waals surface area contributed by atoms with Crippen LogP contribution in [0.4, 0.5) is 27.9 Å². The quantitative estimate of drug-likeness (QED) is 0.353. The third-order valence-electron chi connectivity index (χ3n) is 6.06. The van der Waals surface area contributed by atoms with Crippen molar-refractivity contribution < 1.29 is 19.4 Å². The Morgan fingerprint density at radius 3 is 2.75 bits per heavy atom. The monoisotopic (exact) mass is 491 g/mol. The van der Waals surface area contributed by atoms with E-state index in [-0.39, 0.29) is 11.8 Å². The summed E-state index contributed by atoms with van der Waals surface area (Å²) in [6, 6.07) is 14.4. The highest BCUT2D eigenvalue weighted by Crippen LogP contribution is 2.34. The molecule has 1 amide bonds. The van der Waals surface area contributed by atoms with Gasteiger partial charge in [0.05, 0.1) is 19.4 Å². The molecule has 0 radical (unpaired) electrons. The molecule has 1 aliphatic heterocycles. The highest BCUT2D eigenvalue weighted by molar-refractivity contribution is 5.95. The standard InChI is InChI=1S/C27H33N5O4/c1-20-10-11-23(24(18-20)35-2)32(27(33)34)25-12-13-28-26(30-25)29-21-8-6-9-22(19-21)36-17-7-16-31-14-4-3-5-15-31/h6,8-13,18-19H,3-5,7,14-17H2,1-2H3,(H,33,34)(H,28,29,30). The molecule has 0 spiro atoms. The summed E-state index contributed by atoms with van der Waals surface area (Å²) in [4.78, 5) is 24.4. The molecule has 1 aromatic heterocycles. The molecule has 2 N–H and O–H groups in total. The van der Waals surface area contributed by atoms with E-state index >= 15 is 0 Å². The number of anilines is 4. The first-order valence-corrected chi connectivity index (χ1v) is 12.3. The highest BCUT2D eigenvalue weighted by atomic mass is 16.5. The van der Waals surface area contributed by atoms with Gasteiger partial charge in [0.25, 0.3) is 0 Å². The second kappa shape index (κ2) is 12.2. The van der Waals surface area contributed by atoms with E-state index < -0.39 is 6.09 Å². The predicted molar refractivity (Wildman–Crippen MR) is 140 cm³/mol. The van der Waals surface area contributed by atoms with Crippen LogP contribution in [-0.4, -0.2) is 59.4 Å². The van der Waals surface area contributed by atoms with Crippen LogP contribution in [0.25, 0.3) is 0 Å². The minimum absolute atomic E-state index is 0.201. The molecule has 0 saturated carbocycles. The van der Waals surface area contributed by atoms with Crippen LogP contribution < -0.4 is 19.7 Å². The van der Waals surface area contributed by atoms with E-state index in [0.717, 1.165) is 34.9 Å². The summed E-state index contributed by atoms with van der Waals surface area (Å²) >= 11 is 0. The van der Waals surface area contributed by atoms with Gasteiger partial charge in [-0.3, -0.25) is 0 Å². The van der Waals surface area contributed by atoms with Crippen LogP contribution in [0.5, 0.6) is 11.5 Å². The van der Waals surface area contributed by atoms with Crippen molar-refractivity contribution in [3.63, 3.8) is 0 Å². The smallest absolute Gasteiger partial charge is 0.417 e. The lowest BCUT2D eigenvalue weighted by molar-refractivity contribution is 0.204. The van der Waals surface area contributed by atoms with Crippen LogP contribution in [0.1, 0.15) is 31.2 Å². The molecule has 0 bridgehead atoms. The maximum Gasteiger partial charge on any atom is 0.417 e. The molecule has 2 heterocycles. The van der Waals surface area contributed by atoms with Gasteiger partial charge in [0.2, 0.25) is 5.95 Å². The van der Waals surface area contributed by atoms with Crippen molar-refractivity contribution in [1.29, 1.82) is 0 Å². The topological polar surface area (TPSA) is 100 Å². The number of nitrogens with one attached hydrogen (secondary N) is 1. The van der Waals surface area contributed by atoms with E-state index in [1.807, 2.05) is 37.3 Å². The minimum atomic E-state index is -1.18. The normalized spacial score (nSPS) is 13.7. The van der Waals surface area contributed by atoms with Gasteiger partial charge in [0, 0.05) is 30.6 Å². The molecule has 9 heteroatoms. The highest BCUT2D eigenvalue weighted by Gasteiger charge is 2.22. The number of nitrogens with zero attached hydrogens (tertiary/aromatic N) is 4. The summed E-state index contributed by atoms with van der Waals surface area (Å²) in [5.41, 5.74) is 2.08. The van der Waals surface area contributed by atoms with E-state index in [0.29, 0.717) is 18.0 Å². The fraction of sp³-hybridized carbons (Fsp3) is 0.370. The van der Waals surface area contributed by atoms with Gasteiger partial charge < -0.3 is 24.8 Å². The Morgan fingerprint density at radius 2 is 1.97 bits per heavy atom. The number of ether oxygens (including phenoxy) is 2. The van der Waals surface area contributed by atoms with Gasteiger partial charge >= 0.3 is 6.09 Å². The fourth-order valence-corrected chi connectivity index (χ4v) is 4.28. The number of likely N-dealkylation sites (tertiary alicyclic amines) is 1. The fourth-order valence-electron chi connectivity index (χ4n) is 4.28. The van der Waals surface area contributed by atoms with Crippen LogP contribution in [0.3, 0.4) is 0 Å². The summed E-state index contributed by atoms with van der Waals surface area (Å²) in [6.07, 6.45) is 5.25. The molecule has 0 unspecified atom stereocenters. The first-order chi connectivity index (χ1) is 17.5. The number of hydrogen-bond donors (Lipinski definition) is 2. The number of carboxylic acid groups (broad SMARTS) is 1. The van der Waals surface area contributed by atoms with Crippen LogP contribution >= 0.6 is 0 Å². The molecule has 0 aliphatic carbocycles. The van der Waals surface area contributed by atoms with E-state index in [1.54, 1.807) is 18.2 Å². The molecule has 36 heavy (non-hydrogen) atoms. The van der Waals surface area contributed by atoms with Gasteiger partial charge in [0.15, 0.2) is 0 Å². The summed E-state index contributed by atoms with van der Waals surface area (Å²) in [7, 11) is 1.51. The van der Waals surface area contributed by atoms with Crippen molar-refractivity contribution in [3.05, 3.63) is 60.3 Å². The van der Waals surface area contributed by atoms with Gasteiger partial charge in [-0.05, 0) is 69.1 Å². The molecule has 0 atom stereocenters. The molecule has 1 fully saturated rings. The van der Waals surface area contributed by atoms with Crippen LogP contribution in [0.15, 0.2) is 54.7 Å². The lowest BCUT2D eigenvalue weighted by Crippen LogP contribution is -2.31. The number of amides is 1. The molecule has 4 rings (SSSR count). The first-order valence-electron chi connectivity index (χ1n) is 12.3. The average Bonchev–Trinajstić information content (AvgIpc) is 2.88. The number of aryl methyl sites for hydroxylation is 1. The van der Waals surface area contributed by atoms with E-state index in [2.05, 4.69) is 20.2 Å². The van der Waals surface area contributed by atoms with Gasteiger partial charge in [-0.25, -0.2) is 14.7 Å². The number of methoxy groups -OCH3 is 1. The summed E-state index contributed by atoms with van der Waals surface area (Å²) in [5.74, 6) is 1.67. The number of piperidine rings is 1. The van der Waals surface area contributed by atoms with Crippen molar-refractivity contribution in [2.45, 2.75) is 32.6 Å². The summed E-state index contributed by atoms with van der Waals surface area (Å²) < 4.78 is 11.4. The lowest BCUT2D eigenvalue weighted by Gasteiger charge is -2.26.